The highest BCUT2D eigenvalue weighted by Crippen LogP contribution is 2.30. The Kier molecular flexibility index (Phi) is 10.9. The number of carbonyl (C=O) groups excluding carboxylic acids is 2. The number of hydrogen-bond acceptors (Lipinski definition) is 4. The van der Waals surface area contributed by atoms with E-state index in [2.05, 4.69) is 5.32 Å². The molecular weight excluding hydrogens is 593 g/mol. The first kappa shape index (κ1) is 31.7. The number of rotatable bonds is 11. The molecule has 0 saturated heterocycles. The van der Waals surface area contributed by atoms with Crippen molar-refractivity contribution in [1.29, 1.82) is 0 Å². The summed E-state index contributed by atoms with van der Waals surface area (Å²) < 4.78 is 28.9. The van der Waals surface area contributed by atoms with Crippen molar-refractivity contribution < 1.29 is 18.0 Å². The van der Waals surface area contributed by atoms with Crippen LogP contribution in [0.2, 0.25) is 15.1 Å². The van der Waals surface area contributed by atoms with Crippen LogP contribution in [-0.2, 0) is 26.2 Å². The van der Waals surface area contributed by atoms with Gasteiger partial charge in [0, 0.05) is 33.7 Å². The summed E-state index contributed by atoms with van der Waals surface area (Å²) in [5.74, 6) is -0.977. The van der Waals surface area contributed by atoms with Crippen LogP contribution < -0.4 is 9.62 Å². The van der Waals surface area contributed by atoms with E-state index in [9.17, 15) is 18.0 Å². The monoisotopic (exact) mass is 623 g/mol. The van der Waals surface area contributed by atoms with Crippen molar-refractivity contribution in [3.05, 3.63) is 92.4 Å². The zero-order valence-corrected chi connectivity index (χ0v) is 25.8. The van der Waals surface area contributed by atoms with Gasteiger partial charge in [-0.25, -0.2) is 8.42 Å². The molecule has 1 atom stereocenters. The maximum Gasteiger partial charge on any atom is 0.264 e. The minimum atomic E-state index is -4.21. The summed E-state index contributed by atoms with van der Waals surface area (Å²) in [5.41, 5.74) is 2.30. The van der Waals surface area contributed by atoms with Crippen molar-refractivity contribution in [3.63, 3.8) is 0 Å². The highest BCUT2D eigenvalue weighted by molar-refractivity contribution is 7.92. The summed E-state index contributed by atoms with van der Waals surface area (Å²) in [6.07, 6.45) is 0.278. The van der Waals surface area contributed by atoms with Crippen molar-refractivity contribution in [2.75, 3.05) is 17.4 Å². The van der Waals surface area contributed by atoms with Crippen LogP contribution in [0.4, 0.5) is 5.69 Å². The average Bonchev–Trinajstić information content (AvgIpc) is 2.90. The second-order valence-electron chi connectivity index (χ2n) is 9.30. The molecule has 3 rings (SSSR count). The van der Waals surface area contributed by atoms with Gasteiger partial charge in [0.1, 0.15) is 12.6 Å². The Hall–Kier alpha value is -2.78. The summed E-state index contributed by atoms with van der Waals surface area (Å²) in [6, 6.07) is 15.2. The number of carbonyl (C=O) groups is 2. The molecule has 0 aromatic heterocycles. The Morgan fingerprint density at radius 2 is 1.52 bits per heavy atom. The van der Waals surface area contributed by atoms with Crippen LogP contribution in [-0.4, -0.2) is 44.3 Å². The first-order valence-electron chi connectivity index (χ1n) is 12.8. The van der Waals surface area contributed by atoms with Gasteiger partial charge in [-0.1, -0.05) is 71.6 Å². The Morgan fingerprint density at radius 3 is 2.08 bits per heavy atom. The number of hydrogen-bond donors (Lipinski definition) is 1. The predicted octanol–water partition coefficient (Wildman–Crippen LogP) is 6.40. The Balaban J connectivity index is 2.12. The molecule has 0 bridgehead atoms. The molecule has 0 unspecified atom stereocenters. The lowest BCUT2D eigenvalue weighted by molar-refractivity contribution is -0.140. The number of halogens is 3. The molecule has 2 amide bonds. The summed E-state index contributed by atoms with van der Waals surface area (Å²) in [7, 11) is -4.21. The van der Waals surface area contributed by atoms with Crippen LogP contribution in [0.5, 0.6) is 0 Å². The van der Waals surface area contributed by atoms with Gasteiger partial charge in [0.05, 0.1) is 10.6 Å². The third-order valence-electron chi connectivity index (χ3n) is 6.46. The molecule has 0 spiro atoms. The molecule has 0 aliphatic heterocycles. The molecule has 3 aromatic rings. The first-order valence-corrected chi connectivity index (χ1v) is 15.3. The molecule has 0 saturated carbocycles. The zero-order chi connectivity index (χ0) is 29.6. The number of nitrogens with one attached hydrogen (secondary N) is 1. The molecule has 7 nitrogen and oxygen atoms in total. The molecule has 0 heterocycles. The van der Waals surface area contributed by atoms with Gasteiger partial charge in [-0.2, -0.15) is 0 Å². The quantitative estimate of drug-likeness (QED) is 0.267. The minimum absolute atomic E-state index is 0.0130. The van der Waals surface area contributed by atoms with Gasteiger partial charge < -0.3 is 10.2 Å². The number of sulfonamides is 1. The van der Waals surface area contributed by atoms with Crippen molar-refractivity contribution in [3.8, 4) is 0 Å². The van der Waals surface area contributed by atoms with E-state index in [1.807, 2.05) is 6.92 Å². The lowest BCUT2D eigenvalue weighted by Crippen LogP contribution is -2.52. The fraction of sp³-hybridized carbons (Fsp3) is 0.310. The summed E-state index contributed by atoms with van der Waals surface area (Å²) >= 11 is 19.2. The number of anilines is 1. The van der Waals surface area contributed by atoms with Gasteiger partial charge in [-0.3, -0.25) is 13.9 Å². The van der Waals surface area contributed by atoms with E-state index in [0.29, 0.717) is 27.2 Å². The van der Waals surface area contributed by atoms with Gasteiger partial charge in [-0.05, 0) is 69.2 Å². The second-order valence-corrected chi connectivity index (χ2v) is 12.4. The van der Waals surface area contributed by atoms with Gasteiger partial charge in [0.15, 0.2) is 0 Å². The summed E-state index contributed by atoms with van der Waals surface area (Å²) in [4.78, 5) is 28.5. The standard InChI is InChI=1S/C29H32Cl3N3O4S/c1-5-27(29(37)33-6-2)34(17-23-24(30)8-7-9-25(23)31)28(36)18-35(21-13-12-20(4)26(32)16-21)40(38,39)22-14-10-19(3)11-15-22/h7-16,27H,5-6,17-18H2,1-4H3,(H,33,37)/t27-/m1/s1. The van der Waals surface area contributed by atoms with E-state index in [4.69, 9.17) is 34.8 Å². The van der Waals surface area contributed by atoms with Crippen LogP contribution in [0.25, 0.3) is 0 Å². The number of nitrogens with zero attached hydrogens (tertiary/aromatic N) is 2. The van der Waals surface area contributed by atoms with E-state index in [1.54, 1.807) is 63.2 Å². The minimum Gasteiger partial charge on any atom is -0.355 e. The van der Waals surface area contributed by atoms with E-state index in [-0.39, 0.29) is 29.5 Å². The maximum absolute atomic E-state index is 14.1. The molecule has 0 aliphatic carbocycles. The Morgan fingerprint density at radius 1 is 0.900 bits per heavy atom. The fourth-order valence-corrected chi connectivity index (χ4v) is 6.27. The Bertz CT molecular complexity index is 1460. The van der Waals surface area contributed by atoms with Crippen LogP contribution >= 0.6 is 34.8 Å². The van der Waals surface area contributed by atoms with E-state index in [1.165, 1.54) is 23.1 Å². The summed E-state index contributed by atoms with van der Waals surface area (Å²) in [6.45, 7) is 6.87. The van der Waals surface area contributed by atoms with Gasteiger partial charge >= 0.3 is 0 Å². The normalized spacial score (nSPS) is 12.1. The topological polar surface area (TPSA) is 86.8 Å². The largest absolute Gasteiger partial charge is 0.355 e. The molecule has 11 heteroatoms. The van der Waals surface area contributed by atoms with Crippen LogP contribution in [0.3, 0.4) is 0 Å². The van der Waals surface area contributed by atoms with Gasteiger partial charge in [0.25, 0.3) is 10.0 Å². The lowest BCUT2D eigenvalue weighted by atomic mass is 10.1. The summed E-state index contributed by atoms with van der Waals surface area (Å²) in [5, 5.41) is 3.76. The van der Waals surface area contributed by atoms with E-state index in [0.717, 1.165) is 15.4 Å². The highest BCUT2D eigenvalue weighted by atomic mass is 35.5. The molecule has 40 heavy (non-hydrogen) atoms. The predicted molar refractivity (Wildman–Crippen MR) is 162 cm³/mol. The van der Waals surface area contributed by atoms with Crippen molar-refractivity contribution in [1.82, 2.24) is 10.2 Å². The van der Waals surface area contributed by atoms with Gasteiger partial charge in [0.2, 0.25) is 11.8 Å². The Labute approximate surface area is 251 Å². The molecular formula is C29H32Cl3N3O4S. The molecule has 1 N–H and O–H groups in total. The van der Waals surface area contributed by atoms with Crippen LogP contribution in [0.1, 0.15) is 37.0 Å². The molecule has 0 aliphatic rings. The smallest absolute Gasteiger partial charge is 0.264 e. The van der Waals surface area contributed by atoms with Crippen molar-refractivity contribution in [2.45, 2.75) is 51.6 Å². The highest BCUT2D eigenvalue weighted by Gasteiger charge is 2.34. The third kappa shape index (κ3) is 7.29. The van der Waals surface area contributed by atoms with E-state index >= 15 is 0 Å². The van der Waals surface area contributed by atoms with Crippen LogP contribution in [0, 0.1) is 13.8 Å². The molecule has 0 radical (unpaired) electrons. The maximum atomic E-state index is 14.1. The van der Waals surface area contributed by atoms with Crippen molar-refractivity contribution >= 4 is 62.3 Å². The van der Waals surface area contributed by atoms with E-state index < -0.39 is 28.5 Å². The fourth-order valence-electron chi connectivity index (χ4n) is 4.17. The average molecular weight is 625 g/mol. The first-order chi connectivity index (χ1) is 18.9. The zero-order valence-electron chi connectivity index (χ0n) is 22.7. The third-order valence-corrected chi connectivity index (χ3v) is 9.36. The lowest BCUT2D eigenvalue weighted by Gasteiger charge is -2.33. The molecule has 0 fully saturated rings. The molecule has 3 aromatic carbocycles. The van der Waals surface area contributed by atoms with Crippen molar-refractivity contribution in [2.24, 2.45) is 0 Å². The SMILES string of the molecule is CCNC(=O)[C@@H](CC)N(Cc1c(Cl)cccc1Cl)C(=O)CN(c1ccc(C)c(Cl)c1)S(=O)(=O)c1ccc(C)cc1. The molecule has 214 valence electrons. The number of amides is 2. The number of aryl methyl sites for hydroxylation is 2. The van der Waals surface area contributed by atoms with Gasteiger partial charge in [-0.15, -0.1) is 0 Å². The second kappa shape index (κ2) is 13.7. The number of likely N-dealkylation sites (N-methyl/N-ethyl adjacent to an activating group) is 1. The van der Waals surface area contributed by atoms with Crippen LogP contribution in [0.15, 0.2) is 65.6 Å². The number of benzene rings is 3.